The van der Waals surface area contributed by atoms with Crippen molar-refractivity contribution < 1.29 is 23.5 Å². The number of halogens is 1. The lowest BCUT2D eigenvalue weighted by Gasteiger charge is -2.30. The summed E-state index contributed by atoms with van der Waals surface area (Å²) in [5.41, 5.74) is 1.68. The summed E-state index contributed by atoms with van der Waals surface area (Å²) in [4.78, 5) is 32.6. The summed E-state index contributed by atoms with van der Waals surface area (Å²) in [6.45, 7) is 1.98. The lowest BCUT2D eigenvalue weighted by atomic mass is 10.1. The maximum Gasteiger partial charge on any atom is 0.330 e. The third-order valence-electron chi connectivity index (χ3n) is 6.06. The number of carbonyl (C=O) groups is 2. The van der Waals surface area contributed by atoms with E-state index in [2.05, 4.69) is 15.4 Å². The van der Waals surface area contributed by atoms with Crippen molar-refractivity contribution in [2.24, 2.45) is 7.05 Å². The van der Waals surface area contributed by atoms with Crippen LogP contribution in [0.3, 0.4) is 0 Å². The quantitative estimate of drug-likeness (QED) is 0.595. The third-order valence-corrected chi connectivity index (χ3v) is 6.06. The summed E-state index contributed by atoms with van der Waals surface area (Å²) in [5, 5.41) is 6.73. The molecule has 0 saturated carbocycles. The van der Waals surface area contributed by atoms with Crippen LogP contribution >= 0.6 is 0 Å². The fourth-order valence-electron chi connectivity index (χ4n) is 4.24. The van der Waals surface area contributed by atoms with Gasteiger partial charge in [0.25, 0.3) is 0 Å². The van der Waals surface area contributed by atoms with Gasteiger partial charge in [-0.3, -0.25) is 9.67 Å². The maximum absolute atomic E-state index is 14.8. The predicted molar refractivity (Wildman–Crippen MR) is 125 cm³/mol. The molecule has 2 aliphatic rings. The third kappa shape index (κ3) is 4.94. The van der Waals surface area contributed by atoms with Gasteiger partial charge < -0.3 is 19.7 Å². The Kier molecular flexibility index (Phi) is 6.32. The number of aryl methyl sites for hydroxylation is 1. The normalized spacial score (nSPS) is 16.6. The van der Waals surface area contributed by atoms with Crippen molar-refractivity contribution in [3.05, 3.63) is 54.7 Å². The van der Waals surface area contributed by atoms with Crippen molar-refractivity contribution in [3.8, 4) is 22.8 Å². The second kappa shape index (κ2) is 9.71. The van der Waals surface area contributed by atoms with Gasteiger partial charge in [-0.05, 0) is 31.0 Å². The average molecular weight is 481 g/mol. The molecule has 0 aliphatic carbocycles. The molecule has 182 valence electrons. The molecule has 4 amide bonds. The van der Waals surface area contributed by atoms with Gasteiger partial charge >= 0.3 is 12.1 Å². The summed E-state index contributed by atoms with van der Waals surface area (Å²) in [6, 6.07) is 6.58. The zero-order chi connectivity index (χ0) is 24.4. The average Bonchev–Trinajstić information content (AvgIpc) is 3.47. The van der Waals surface area contributed by atoms with Crippen LogP contribution in [0.25, 0.3) is 11.3 Å². The number of benzene rings is 1. The van der Waals surface area contributed by atoms with E-state index in [9.17, 15) is 14.0 Å². The van der Waals surface area contributed by atoms with Gasteiger partial charge in [0, 0.05) is 75.2 Å². The summed E-state index contributed by atoms with van der Waals surface area (Å²) in [5.74, 6) is -0.251. The summed E-state index contributed by atoms with van der Waals surface area (Å²) in [6.07, 6.45) is 6.58. The molecule has 2 saturated heterocycles. The Bertz CT molecular complexity index is 1240. The second-order valence-electron chi connectivity index (χ2n) is 8.43. The van der Waals surface area contributed by atoms with Gasteiger partial charge in [-0.1, -0.05) is 0 Å². The van der Waals surface area contributed by atoms with E-state index in [1.807, 2.05) is 6.20 Å². The van der Waals surface area contributed by atoms with E-state index in [1.54, 1.807) is 41.2 Å². The Balaban J connectivity index is 1.23. The van der Waals surface area contributed by atoms with E-state index in [0.717, 1.165) is 29.4 Å². The van der Waals surface area contributed by atoms with Crippen molar-refractivity contribution in [2.45, 2.75) is 18.9 Å². The smallest absolute Gasteiger partial charge is 0.330 e. The molecule has 1 aromatic carbocycles. The molecule has 0 radical (unpaired) electrons. The van der Waals surface area contributed by atoms with Crippen LogP contribution in [-0.4, -0.2) is 69.0 Å². The fourth-order valence-corrected chi connectivity index (χ4v) is 4.24. The minimum Gasteiger partial charge on any atom is -0.454 e. The van der Waals surface area contributed by atoms with Gasteiger partial charge in [0.1, 0.15) is 5.75 Å². The van der Waals surface area contributed by atoms with Crippen LogP contribution in [0.1, 0.15) is 12.8 Å². The van der Waals surface area contributed by atoms with E-state index in [1.165, 1.54) is 12.1 Å². The highest BCUT2D eigenvalue weighted by Crippen LogP contribution is 2.29. The minimum absolute atomic E-state index is 0.00530. The van der Waals surface area contributed by atoms with Crippen molar-refractivity contribution in [1.29, 1.82) is 0 Å². The first kappa shape index (κ1) is 22.8. The number of nitrogens with one attached hydrogen (secondary N) is 1. The summed E-state index contributed by atoms with van der Waals surface area (Å²) in [7, 11) is 1.81. The largest absolute Gasteiger partial charge is 0.454 e. The highest BCUT2D eigenvalue weighted by atomic mass is 19.1. The first-order valence-electron chi connectivity index (χ1n) is 11.4. The molecule has 5 rings (SSSR count). The number of ether oxygens (including phenoxy) is 2. The molecule has 4 heterocycles. The SMILES string of the molecule is Cn1cc(-c2cc(Oc3ccc(NC(=O)N4CCN(C5CCOCC5)C4=O)cc3F)ccn2)cn1. The molecular weight excluding hydrogens is 455 g/mol. The van der Waals surface area contributed by atoms with E-state index in [0.29, 0.717) is 31.2 Å². The van der Waals surface area contributed by atoms with Gasteiger partial charge in [0.2, 0.25) is 0 Å². The van der Waals surface area contributed by atoms with E-state index < -0.39 is 11.8 Å². The predicted octanol–water partition coefficient (Wildman–Crippen LogP) is 3.86. The van der Waals surface area contributed by atoms with Gasteiger partial charge in [0.15, 0.2) is 11.6 Å². The number of anilines is 1. The van der Waals surface area contributed by atoms with Crippen molar-refractivity contribution in [3.63, 3.8) is 0 Å². The number of imide groups is 1. The molecule has 2 fully saturated rings. The number of aromatic nitrogens is 3. The van der Waals surface area contributed by atoms with Crippen molar-refractivity contribution in [2.75, 3.05) is 31.6 Å². The number of amides is 4. The van der Waals surface area contributed by atoms with Crippen LogP contribution < -0.4 is 10.1 Å². The molecule has 1 N–H and O–H groups in total. The molecule has 2 aliphatic heterocycles. The van der Waals surface area contributed by atoms with Crippen LogP contribution in [0.4, 0.5) is 19.7 Å². The Labute approximate surface area is 201 Å². The zero-order valence-electron chi connectivity index (χ0n) is 19.2. The molecule has 11 heteroatoms. The number of urea groups is 2. The molecule has 3 aromatic rings. The lowest BCUT2D eigenvalue weighted by molar-refractivity contribution is 0.0510. The minimum atomic E-state index is -0.654. The number of pyridine rings is 1. The first-order valence-corrected chi connectivity index (χ1v) is 11.4. The standard InChI is InChI=1S/C24H25FN6O4/c1-29-15-16(14-27-29)21-13-19(4-7-26-21)35-22-3-2-17(12-20(22)25)28-23(32)31-9-8-30(24(31)33)18-5-10-34-11-6-18/h2-4,7,12-15,18H,5-6,8-11H2,1H3,(H,28,32). The van der Waals surface area contributed by atoms with Crippen LogP contribution in [0.2, 0.25) is 0 Å². The van der Waals surface area contributed by atoms with E-state index >= 15 is 0 Å². The Morgan fingerprint density at radius 1 is 1.20 bits per heavy atom. The maximum atomic E-state index is 14.8. The summed E-state index contributed by atoms with van der Waals surface area (Å²) < 4.78 is 27.5. The first-order chi connectivity index (χ1) is 17.0. The molecule has 0 atom stereocenters. The topological polar surface area (TPSA) is 102 Å². The van der Waals surface area contributed by atoms with Crippen molar-refractivity contribution >= 4 is 17.7 Å². The monoisotopic (exact) mass is 480 g/mol. The highest BCUT2D eigenvalue weighted by Gasteiger charge is 2.37. The zero-order valence-corrected chi connectivity index (χ0v) is 19.2. The van der Waals surface area contributed by atoms with E-state index in [-0.39, 0.29) is 30.1 Å². The highest BCUT2D eigenvalue weighted by molar-refractivity contribution is 6.01. The van der Waals surface area contributed by atoms with Gasteiger partial charge in [-0.25, -0.2) is 18.9 Å². The number of rotatable bonds is 5. The Morgan fingerprint density at radius 2 is 2.03 bits per heavy atom. The molecule has 2 aromatic heterocycles. The number of carbonyl (C=O) groups excluding carboxylic acids is 2. The molecule has 0 unspecified atom stereocenters. The van der Waals surface area contributed by atoms with Crippen molar-refractivity contribution in [1.82, 2.24) is 24.6 Å². The molecule has 0 spiro atoms. The van der Waals surface area contributed by atoms with Crippen LogP contribution in [0.5, 0.6) is 11.5 Å². The van der Waals surface area contributed by atoms with Gasteiger partial charge in [-0.2, -0.15) is 5.10 Å². The van der Waals surface area contributed by atoms with Crippen LogP contribution in [0, 0.1) is 5.82 Å². The van der Waals surface area contributed by atoms with Gasteiger partial charge in [-0.15, -0.1) is 0 Å². The number of hydrogen-bond acceptors (Lipinski definition) is 6. The molecule has 0 bridgehead atoms. The summed E-state index contributed by atoms with van der Waals surface area (Å²) >= 11 is 0. The second-order valence-corrected chi connectivity index (χ2v) is 8.43. The molecule has 10 nitrogen and oxygen atoms in total. The molecular formula is C24H25FN6O4. The number of hydrogen-bond donors (Lipinski definition) is 1. The van der Waals surface area contributed by atoms with Gasteiger partial charge in [0.05, 0.1) is 11.9 Å². The van der Waals surface area contributed by atoms with Crippen LogP contribution in [-0.2, 0) is 11.8 Å². The fraction of sp³-hybridized carbons (Fsp3) is 0.333. The van der Waals surface area contributed by atoms with E-state index in [4.69, 9.17) is 9.47 Å². The Hall–Kier alpha value is -3.99. The molecule has 35 heavy (non-hydrogen) atoms. The lowest BCUT2D eigenvalue weighted by Crippen LogP contribution is -2.44. The van der Waals surface area contributed by atoms with Crippen LogP contribution in [0.15, 0.2) is 48.9 Å². The number of nitrogens with zero attached hydrogens (tertiary/aromatic N) is 5. The Morgan fingerprint density at radius 3 is 2.77 bits per heavy atom.